The molecule has 1 aliphatic heterocycles. The van der Waals surface area contributed by atoms with E-state index in [1.54, 1.807) is 30.3 Å². The molecule has 2 fully saturated rings. The highest BCUT2D eigenvalue weighted by molar-refractivity contribution is 6.30. The van der Waals surface area contributed by atoms with Crippen molar-refractivity contribution >= 4 is 28.6 Å². The van der Waals surface area contributed by atoms with Crippen LogP contribution in [-0.2, 0) is 11.3 Å². The summed E-state index contributed by atoms with van der Waals surface area (Å²) in [5, 5.41) is 4.22. The van der Waals surface area contributed by atoms with Gasteiger partial charge in [0.1, 0.15) is 5.69 Å². The van der Waals surface area contributed by atoms with Crippen molar-refractivity contribution in [2.45, 2.75) is 64.1 Å². The molecule has 0 radical (unpaired) electrons. The quantitative estimate of drug-likeness (QED) is 0.322. The number of H-pyrrole nitrogens is 1. The highest BCUT2D eigenvalue weighted by atomic mass is 35.5. The van der Waals surface area contributed by atoms with E-state index in [2.05, 4.69) is 22.0 Å². The second-order valence-electron chi connectivity index (χ2n) is 10.9. The summed E-state index contributed by atoms with van der Waals surface area (Å²) in [4.78, 5) is 29.9. The number of pyridine rings is 2. The first-order valence-corrected chi connectivity index (χ1v) is 13.8. The van der Waals surface area contributed by atoms with Gasteiger partial charge < -0.3 is 14.2 Å². The monoisotopic (exact) mass is 573 g/mol. The molecular weight excluding hydrogens is 544 g/mol. The number of methoxy groups -OCH3 is 1. The molecule has 0 unspecified atom stereocenters. The zero-order valence-corrected chi connectivity index (χ0v) is 22.9. The van der Waals surface area contributed by atoms with Crippen molar-refractivity contribution in [3.8, 4) is 22.8 Å². The van der Waals surface area contributed by atoms with Crippen LogP contribution in [0, 0.1) is 11.8 Å². The molecule has 0 amide bonds. The molecule has 0 bridgehead atoms. The number of fused-ring (bicyclic) bond motifs is 1. The van der Waals surface area contributed by atoms with Crippen LogP contribution in [0.2, 0.25) is 5.02 Å². The molecule has 2 aliphatic rings. The Morgan fingerprint density at radius 3 is 2.67 bits per heavy atom. The Labute approximate surface area is 233 Å². The first-order valence-electron chi connectivity index (χ1n) is 13.5. The van der Waals surface area contributed by atoms with E-state index in [1.165, 1.54) is 6.20 Å². The fourth-order valence-corrected chi connectivity index (χ4v) is 6.15. The molecular formula is C27H30ClF2N7O3. The maximum absolute atomic E-state index is 14.3. The predicted octanol–water partition coefficient (Wildman–Crippen LogP) is 5.18. The van der Waals surface area contributed by atoms with Gasteiger partial charge in [-0.15, -0.1) is 0 Å². The summed E-state index contributed by atoms with van der Waals surface area (Å²) in [7, 11) is 1.54. The summed E-state index contributed by atoms with van der Waals surface area (Å²) >= 11 is 6.32. The third kappa shape index (κ3) is 5.10. The van der Waals surface area contributed by atoms with Crippen molar-refractivity contribution in [3.63, 3.8) is 0 Å². The molecule has 5 heterocycles. The van der Waals surface area contributed by atoms with E-state index in [9.17, 15) is 13.6 Å². The van der Waals surface area contributed by atoms with Crippen LogP contribution >= 0.6 is 11.6 Å². The topological polar surface area (TPSA) is 115 Å². The molecule has 2 atom stereocenters. The summed E-state index contributed by atoms with van der Waals surface area (Å²) in [6, 6.07) is 2.39. The van der Waals surface area contributed by atoms with E-state index in [0.717, 1.165) is 25.7 Å². The highest BCUT2D eigenvalue weighted by Gasteiger charge is 2.41. The van der Waals surface area contributed by atoms with Crippen LogP contribution < -0.4 is 10.7 Å². The summed E-state index contributed by atoms with van der Waals surface area (Å²) in [6.07, 6.45) is 4.77. The maximum Gasteiger partial charge on any atom is 0.439 e. The van der Waals surface area contributed by atoms with Crippen molar-refractivity contribution in [1.29, 1.82) is 0 Å². The molecule has 10 nitrogen and oxygen atoms in total. The van der Waals surface area contributed by atoms with Gasteiger partial charge in [0.15, 0.2) is 0 Å². The third-order valence-electron chi connectivity index (χ3n) is 8.13. The Hall–Kier alpha value is -3.38. The number of alkyl halides is 2. The molecule has 6 rings (SSSR count). The fraction of sp³-hybridized carbons (Fsp3) is 0.519. The number of halogens is 3. The molecule has 0 aromatic carbocycles. The van der Waals surface area contributed by atoms with Gasteiger partial charge in [-0.3, -0.25) is 14.5 Å². The van der Waals surface area contributed by atoms with E-state index < -0.39 is 18.2 Å². The molecule has 1 N–H and O–H groups in total. The molecule has 4 aromatic heterocycles. The molecule has 212 valence electrons. The number of anilines is 1. The SMILES string of the molecule is CO[C@H]1C[C@H](C(F)F)N(c2nc3cc(-c4noc(=O)[nH]4)nc(-c4cncc(Cl)c4)c3n2CC2CCC(C)CC2)C1. The molecule has 1 saturated heterocycles. The lowest BCUT2D eigenvalue weighted by molar-refractivity contribution is 0.0869. The standard InChI is InChI=1S/C27H30ClF2N7O3/c1-14-3-5-15(6-4-14)12-37-23-19(33-26(37)36-13-18(39-2)8-21(36)24(29)30)9-20(25-34-27(38)40-35-25)32-22(23)16-7-17(28)11-31-10-16/h7,9-11,14-15,18,21,24H,3-6,8,12-13H2,1-2H3,(H,34,35,38)/t14?,15?,18-,21+/m0/s1. The summed E-state index contributed by atoms with van der Waals surface area (Å²) in [5.74, 6) is 0.883. The number of hydrogen-bond donors (Lipinski definition) is 1. The Bertz CT molecular complexity index is 1560. The number of rotatable bonds is 7. The number of nitrogens with zero attached hydrogens (tertiary/aromatic N) is 6. The van der Waals surface area contributed by atoms with Gasteiger partial charge in [-0.05, 0) is 36.8 Å². The van der Waals surface area contributed by atoms with E-state index in [4.69, 9.17) is 30.8 Å². The van der Waals surface area contributed by atoms with Crippen LogP contribution in [0.1, 0.15) is 39.0 Å². The average molecular weight is 574 g/mol. The van der Waals surface area contributed by atoms with Crippen LogP contribution in [0.5, 0.6) is 0 Å². The predicted molar refractivity (Wildman–Crippen MR) is 146 cm³/mol. The molecule has 4 aromatic rings. The van der Waals surface area contributed by atoms with Gasteiger partial charge in [-0.1, -0.05) is 36.5 Å². The molecule has 1 saturated carbocycles. The van der Waals surface area contributed by atoms with Gasteiger partial charge in [0.25, 0.3) is 6.43 Å². The van der Waals surface area contributed by atoms with Crippen LogP contribution in [0.15, 0.2) is 33.8 Å². The van der Waals surface area contributed by atoms with Crippen LogP contribution in [0.3, 0.4) is 0 Å². The van der Waals surface area contributed by atoms with E-state index in [1.807, 2.05) is 4.57 Å². The minimum Gasteiger partial charge on any atom is -0.380 e. The Morgan fingerprint density at radius 2 is 2.00 bits per heavy atom. The van der Waals surface area contributed by atoms with E-state index in [0.29, 0.717) is 63.9 Å². The van der Waals surface area contributed by atoms with Gasteiger partial charge in [-0.2, -0.15) is 0 Å². The Balaban J connectivity index is 1.58. The number of imidazole rings is 1. The second kappa shape index (κ2) is 10.9. The normalized spacial score (nSPS) is 23.5. The first-order chi connectivity index (χ1) is 19.3. The largest absolute Gasteiger partial charge is 0.439 e. The second-order valence-corrected chi connectivity index (χ2v) is 11.3. The van der Waals surface area contributed by atoms with Gasteiger partial charge >= 0.3 is 5.76 Å². The van der Waals surface area contributed by atoms with Gasteiger partial charge in [0.05, 0.1) is 33.9 Å². The van der Waals surface area contributed by atoms with Gasteiger partial charge in [0.2, 0.25) is 11.8 Å². The van der Waals surface area contributed by atoms with E-state index >= 15 is 0 Å². The number of ether oxygens (including phenoxy) is 1. The number of aromatic nitrogens is 6. The lowest BCUT2D eigenvalue weighted by Crippen LogP contribution is -2.37. The van der Waals surface area contributed by atoms with Crippen LogP contribution in [0.4, 0.5) is 14.7 Å². The maximum atomic E-state index is 14.3. The van der Waals surface area contributed by atoms with Crippen molar-refractivity contribution in [2.75, 3.05) is 18.6 Å². The van der Waals surface area contributed by atoms with E-state index in [-0.39, 0.29) is 18.3 Å². The molecule has 13 heteroatoms. The van der Waals surface area contributed by atoms with Gasteiger partial charge in [0, 0.05) is 44.6 Å². The van der Waals surface area contributed by atoms with Crippen molar-refractivity contribution in [2.24, 2.45) is 11.8 Å². The zero-order valence-electron chi connectivity index (χ0n) is 22.2. The number of aromatic amines is 1. The third-order valence-corrected chi connectivity index (χ3v) is 8.33. The number of nitrogens with one attached hydrogen (secondary N) is 1. The summed E-state index contributed by atoms with van der Waals surface area (Å²) in [5.41, 5.74) is 2.65. The summed E-state index contributed by atoms with van der Waals surface area (Å²) < 4.78 is 40.9. The van der Waals surface area contributed by atoms with Crippen LogP contribution in [-0.4, -0.2) is 61.9 Å². The minimum atomic E-state index is -2.57. The van der Waals surface area contributed by atoms with Crippen molar-refractivity contribution in [3.05, 3.63) is 40.1 Å². The molecule has 40 heavy (non-hydrogen) atoms. The number of hydrogen-bond acceptors (Lipinski definition) is 8. The Morgan fingerprint density at radius 1 is 1.20 bits per heavy atom. The minimum absolute atomic E-state index is 0.131. The lowest BCUT2D eigenvalue weighted by atomic mass is 9.83. The first kappa shape index (κ1) is 26.8. The lowest BCUT2D eigenvalue weighted by Gasteiger charge is -2.30. The van der Waals surface area contributed by atoms with Gasteiger partial charge in [-0.25, -0.2) is 23.5 Å². The highest BCUT2D eigenvalue weighted by Crippen LogP contribution is 2.39. The van der Waals surface area contributed by atoms with Crippen molar-refractivity contribution < 1.29 is 18.0 Å². The fourth-order valence-electron chi connectivity index (χ4n) is 5.98. The average Bonchev–Trinajstić information content (AvgIpc) is 3.66. The molecule has 1 aliphatic carbocycles. The van der Waals surface area contributed by atoms with Crippen molar-refractivity contribution in [1.82, 2.24) is 29.7 Å². The zero-order chi connectivity index (χ0) is 28.0. The van der Waals surface area contributed by atoms with Crippen LogP contribution in [0.25, 0.3) is 33.8 Å². The molecule has 0 spiro atoms. The smallest absolute Gasteiger partial charge is 0.380 e. The summed E-state index contributed by atoms with van der Waals surface area (Å²) in [6.45, 7) is 3.16. The Kier molecular flexibility index (Phi) is 7.30.